The second-order valence-corrected chi connectivity index (χ2v) is 12.2. The van der Waals surface area contributed by atoms with Gasteiger partial charge in [-0.2, -0.15) is 0 Å². The Morgan fingerprint density at radius 1 is 1.02 bits per heavy atom. The zero-order chi connectivity index (χ0) is 28.3. The monoisotopic (exact) mass is 585 g/mol. The van der Waals surface area contributed by atoms with Gasteiger partial charge in [-0.3, -0.25) is 9.59 Å². The first-order valence-corrected chi connectivity index (χ1v) is 15.2. The lowest BCUT2D eigenvalue weighted by Crippen LogP contribution is -2.31. The highest BCUT2D eigenvalue weighted by molar-refractivity contribution is 8.01. The largest absolute Gasteiger partial charge is 0.481 e. The van der Waals surface area contributed by atoms with Gasteiger partial charge in [-0.15, -0.1) is 10.2 Å². The summed E-state index contributed by atoms with van der Waals surface area (Å²) in [5.74, 6) is -0.168. The third-order valence-electron chi connectivity index (χ3n) is 6.50. The van der Waals surface area contributed by atoms with Crippen LogP contribution < -0.4 is 5.32 Å². The minimum Gasteiger partial charge on any atom is -0.481 e. The number of aromatic nitrogens is 2. The molecule has 2 heterocycles. The van der Waals surface area contributed by atoms with Crippen molar-refractivity contribution in [1.82, 2.24) is 10.2 Å². The standard InChI is InChI=1S/C29H35N3O6S2/c1-19-31-32-29(40-19)39-18-24-16-25(21-13-11-20(17-33)12-14-21)38-28(37-24)22-7-6-8-23(15-22)30-26(34)9-4-2-3-5-10-27(35)36/h6-8,11-15,24-25,28,33H,2-5,9-10,16-18H2,1H3,(H,30,34)(H,35,36)/t24-,25+,28+/m1/s1. The molecule has 3 atom stereocenters. The second kappa shape index (κ2) is 15.2. The Morgan fingerprint density at radius 2 is 1.80 bits per heavy atom. The van der Waals surface area contributed by atoms with Crippen LogP contribution in [0.2, 0.25) is 0 Å². The summed E-state index contributed by atoms with van der Waals surface area (Å²) in [4.78, 5) is 23.1. The zero-order valence-electron chi connectivity index (χ0n) is 22.5. The SMILES string of the molecule is Cc1nnc(SC[C@H]2C[C@@H](c3ccc(CO)cc3)O[C@@H](c3cccc(NC(=O)CCCCCCC(=O)O)c3)O2)s1. The molecule has 0 radical (unpaired) electrons. The summed E-state index contributed by atoms with van der Waals surface area (Å²) in [5, 5.41) is 30.3. The average molecular weight is 586 g/mol. The molecule has 0 saturated carbocycles. The van der Waals surface area contributed by atoms with E-state index in [-0.39, 0.29) is 31.1 Å². The number of carbonyl (C=O) groups is 2. The zero-order valence-corrected chi connectivity index (χ0v) is 24.1. The molecule has 3 aromatic rings. The van der Waals surface area contributed by atoms with Crippen LogP contribution in [-0.4, -0.2) is 44.1 Å². The molecular weight excluding hydrogens is 550 g/mol. The summed E-state index contributed by atoms with van der Waals surface area (Å²) in [6.07, 6.45) is 3.25. The van der Waals surface area contributed by atoms with Crippen LogP contribution in [0.15, 0.2) is 52.9 Å². The lowest BCUT2D eigenvalue weighted by molar-refractivity contribution is -0.245. The number of hydrogen-bond acceptors (Lipinski definition) is 9. The number of amides is 1. The molecule has 9 nitrogen and oxygen atoms in total. The Hall–Kier alpha value is -2.83. The Kier molecular flexibility index (Phi) is 11.5. The van der Waals surface area contributed by atoms with E-state index in [9.17, 15) is 14.7 Å². The highest BCUT2D eigenvalue weighted by Crippen LogP contribution is 2.40. The number of thioether (sulfide) groups is 1. The third kappa shape index (κ3) is 9.38. The number of carbonyl (C=O) groups excluding carboxylic acids is 1. The predicted molar refractivity (Wildman–Crippen MR) is 154 cm³/mol. The van der Waals surface area contributed by atoms with Gasteiger partial charge in [-0.25, -0.2) is 0 Å². The van der Waals surface area contributed by atoms with Crippen molar-refractivity contribution in [2.75, 3.05) is 11.1 Å². The number of anilines is 1. The van der Waals surface area contributed by atoms with Gasteiger partial charge in [0.05, 0.1) is 18.8 Å². The van der Waals surface area contributed by atoms with Gasteiger partial charge in [0.15, 0.2) is 10.6 Å². The highest BCUT2D eigenvalue weighted by Gasteiger charge is 2.32. The van der Waals surface area contributed by atoms with Gasteiger partial charge in [0.2, 0.25) is 5.91 Å². The van der Waals surface area contributed by atoms with E-state index in [1.54, 1.807) is 23.1 Å². The molecule has 1 aliphatic rings. The van der Waals surface area contributed by atoms with Crippen molar-refractivity contribution in [3.05, 3.63) is 70.2 Å². The maximum atomic E-state index is 12.5. The van der Waals surface area contributed by atoms with Crippen LogP contribution in [0.5, 0.6) is 0 Å². The number of unbranched alkanes of at least 4 members (excludes halogenated alkanes) is 3. The summed E-state index contributed by atoms with van der Waals surface area (Å²) >= 11 is 3.18. The van der Waals surface area contributed by atoms with Crippen molar-refractivity contribution >= 4 is 40.7 Å². The quantitative estimate of drug-likeness (QED) is 0.153. The lowest BCUT2D eigenvalue weighted by Gasteiger charge is -2.36. The number of hydrogen-bond donors (Lipinski definition) is 3. The van der Waals surface area contributed by atoms with E-state index in [0.29, 0.717) is 37.1 Å². The molecule has 0 spiro atoms. The first kappa shape index (κ1) is 30.1. The molecule has 2 aromatic carbocycles. The minimum atomic E-state index is -0.786. The molecule has 1 aromatic heterocycles. The fourth-order valence-electron chi connectivity index (χ4n) is 4.43. The van der Waals surface area contributed by atoms with Crippen molar-refractivity contribution in [1.29, 1.82) is 0 Å². The summed E-state index contributed by atoms with van der Waals surface area (Å²) in [6.45, 7) is 1.92. The fourth-order valence-corrected chi connectivity index (χ4v) is 6.28. The maximum absolute atomic E-state index is 12.5. The number of aliphatic hydroxyl groups is 1. The van der Waals surface area contributed by atoms with Gasteiger partial charge < -0.3 is 25.0 Å². The van der Waals surface area contributed by atoms with E-state index < -0.39 is 12.3 Å². The number of aliphatic hydroxyl groups excluding tert-OH is 1. The molecular formula is C29H35N3O6S2. The van der Waals surface area contributed by atoms with E-state index in [1.807, 2.05) is 55.5 Å². The summed E-state index contributed by atoms with van der Waals surface area (Å²) in [7, 11) is 0. The number of ether oxygens (including phenoxy) is 2. The number of carboxylic acid groups (broad SMARTS) is 1. The number of nitrogens with one attached hydrogen (secondary N) is 1. The van der Waals surface area contributed by atoms with Crippen LogP contribution in [0.1, 0.15) is 79.0 Å². The van der Waals surface area contributed by atoms with E-state index in [4.69, 9.17) is 14.6 Å². The third-order valence-corrected chi connectivity index (χ3v) is 8.61. The van der Waals surface area contributed by atoms with Gasteiger partial charge in [-0.1, -0.05) is 72.3 Å². The highest BCUT2D eigenvalue weighted by atomic mass is 32.2. The van der Waals surface area contributed by atoms with E-state index >= 15 is 0 Å². The van der Waals surface area contributed by atoms with E-state index in [0.717, 1.165) is 38.9 Å². The van der Waals surface area contributed by atoms with Crippen LogP contribution in [0.4, 0.5) is 5.69 Å². The molecule has 1 saturated heterocycles. The van der Waals surface area contributed by atoms with E-state index in [1.165, 1.54) is 0 Å². The molecule has 40 heavy (non-hydrogen) atoms. The molecule has 1 amide bonds. The van der Waals surface area contributed by atoms with Crippen LogP contribution in [0.25, 0.3) is 0 Å². The van der Waals surface area contributed by atoms with Crippen molar-refractivity contribution in [3.8, 4) is 0 Å². The van der Waals surface area contributed by atoms with Crippen LogP contribution in [0, 0.1) is 6.92 Å². The Morgan fingerprint density at radius 3 is 2.50 bits per heavy atom. The topological polar surface area (TPSA) is 131 Å². The summed E-state index contributed by atoms with van der Waals surface area (Å²) in [6, 6.07) is 15.3. The molecule has 0 unspecified atom stereocenters. The summed E-state index contributed by atoms with van der Waals surface area (Å²) < 4.78 is 13.7. The Balaban J connectivity index is 1.39. The molecule has 1 fully saturated rings. The first-order valence-electron chi connectivity index (χ1n) is 13.4. The lowest BCUT2D eigenvalue weighted by atomic mass is 10.0. The van der Waals surface area contributed by atoms with Crippen molar-refractivity contribution < 1.29 is 29.3 Å². The van der Waals surface area contributed by atoms with Gasteiger partial charge in [0.1, 0.15) is 5.01 Å². The molecule has 11 heteroatoms. The van der Waals surface area contributed by atoms with Crippen molar-refractivity contribution in [3.63, 3.8) is 0 Å². The van der Waals surface area contributed by atoms with Gasteiger partial charge >= 0.3 is 5.97 Å². The molecule has 0 bridgehead atoms. The number of carboxylic acids is 1. The Labute approximate surface area is 242 Å². The van der Waals surface area contributed by atoms with E-state index in [2.05, 4.69) is 15.5 Å². The van der Waals surface area contributed by atoms with Crippen LogP contribution >= 0.6 is 23.1 Å². The first-order chi connectivity index (χ1) is 19.4. The van der Waals surface area contributed by atoms with Gasteiger partial charge in [0, 0.05) is 36.3 Å². The fraction of sp³-hybridized carbons (Fsp3) is 0.448. The number of nitrogens with zero attached hydrogens (tertiary/aromatic N) is 2. The van der Waals surface area contributed by atoms with Crippen molar-refractivity contribution in [2.45, 2.75) is 81.3 Å². The molecule has 1 aliphatic heterocycles. The number of rotatable bonds is 14. The molecule has 0 aliphatic carbocycles. The molecule has 4 rings (SSSR count). The maximum Gasteiger partial charge on any atom is 0.303 e. The number of aliphatic carboxylic acids is 1. The normalized spacial score (nSPS) is 18.9. The summed E-state index contributed by atoms with van der Waals surface area (Å²) in [5.41, 5.74) is 3.34. The minimum absolute atomic E-state index is 0.0126. The average Bonchev–Trinajstić information content (AvgIpc) is 3.38. The van der Waals surface area contributed by atoms with Crippen molar-refractivity contribution in [2.24, 2.45) is 0 Å². The molecule has 3 N–H and O–H groups in total. The van der Waals surface area contributed by atoms with Gasteiger partial charge in [-0.05, 0) is 43.0 Å². The number of aryl methyl sites for hydroxylation is 1. The molecule has 214 valence electrons. The Bertz CT molecular complexity index is 1250. The van der Waals surface area contributed by atoms with Crippen LogP contribution in [-0.2, 0) is 25.7 Å². The number of benzene rings is 2. The predicted octanol–water partition coefficient (Wildman–Crippen LogP) is 6.04. The second-order valence-electron chi connectivity index (χ2n) is 9.73. The van der Waals surface area contributed by atoms with Gasteiger partial charge in [0.25, 0.3) is 0 Å². The van der Waals surface area contributed by atoms with Crippen LogP contribution in [0.3, 0.4) is 0 Å². The smallest absolute Gasteiger partial charge is 0.303 e.